The van der Waals surface area contributed by atoms with E-state index in [0.717, 1.165) is 22.3 Å². The van der Waals surface area contributed by atoms with Crippen molar-refractivity contribution in [2.45, 2.75) is 40.0 Å². The summed E-state index contributed by atoms with van der Waals surface area (Å²) in [5.74, 6) is 0.769. The molecule has 0 spiro atoms. The molecule has 30 heavy (non-hydrogen) atoms. The predicted molar refractivity (Wildman–Crippen MR) is 115 cm³/mol. The van der Waals surface area contributed by atoms with Gasteiger partial charge < -0.3 is 14.5 Å². The molecule has 0 aliphatic heterocycles. The molecule has 8 heteroatoms. The number of rotatable bonds is 4. The number of carbonyl (C=O) groups excluding carboxylic acids is 1. The fourth-order valence-corrected chi connectivity index (χ4v) is 3.31. The van der Waals surface area contributed by atoms with Gasteiger partial charge in [-0.2, -0.15) is 0 Å². The molecule has 0 atom stereocenters. The zero-order chi connectivity index (χ0) is 21.6. The van der Waals surface area contributed by atoms with Gasteiger partial charge in [0.25, 0.3) is 5.91 Å². The van der Waals surface area contributed by atoms with Crippen LogP contribution in [0.1, 0.15) is 37.9 Å². The fourth-order valence-electron chi connectivity index (χ4n) is 3.31. The molecule has 0 aliphatic carbocycles. The van der Waals surface area contributed by atoms with Gasteiger partial charge in [-0.05, 0) is 43.7 Å². The van der Waals surface area contributed by atoms with Crippen molar-refractivity contribution in [1.29, 1.82) is 0 Å². The topological polar surface area (TPSA) is 95.1 Å². The van der Waals surface area contributed by atoms with Gasteiger partial charge in [-0.25, -0.2) is 14.6 Å². The lowest BCUT2D eigenvalue weighted by molar-refractivity contribution is -0.118. The lowest BCUT2D eigenvalue weighted by Gasteiger charge is -2.11. The molecule has 1 aromatic carbocycles. The normalized spacial score (nSPS) is 11.9. The summed E-state index contributed by atoms with van der Waals surface area (Å²) in [7, 11) is 1.81. The van der Waals surface area contributed by atoms with Crippen LogP contribution in [-0.2, 0) is 17.3 Å². The van der Waals surface area contributed by atoms with E-state index in [1.165, 1.54) is 0 Å². The average Bonchev–Trinajstić information content (AvgIpc) is 3.21. The first-order valence-electron chi connectivity index (χ1n) is 9.76. The molecule has 3 heterocycles. The number of aryl methyl sites for hydroxylation is 3. The molecule has 1 N–H and O–H groups in total. The molecule has 4 aromatic rings. The molecule has 0 unspecified atom stereocenters. The van der Waals surface area contributed by atoms with Crippen molar-refractivity contribution in [1.82, 2.24) is 19.7 Å². The summed E-state index contributed by atoms with van der Waals surface area (Å²) < 4.78 is 13.2. The first-order chi connectivity index (χ1) is 14.1. The van der Waals surface area contributed by atoms with Crippen LogP contribution in [-0.4, -0.2) is 32.3 Å². The third kappa shape index (κ3) is 3.72. The van der Waals surface area contributed by atoms with Gasteiger partial charge in [0, 0.05) is 23.8 Å². The Labute approximate surface area is 174 Å². The van der Waals surface area contributed by atoms with E-state index in [2.05, 4.69) is 20.4 Å². The smallest absolute Gasteiger partial charge is 0.262 e. The number of carbonyl (C=O) groups is 1. The number of aromatic nitrogens is 4. The Morgan fingerprint density at radius 1 is 1.20 bits per heavy atom. The van der Waals surface area contributed by atoms with Crippen molar-refractivity contribution < 1.29 is 13.9 Å². The van der Waals surface area contributed by atoms with Crippen LogP contribution in [0.25, 0.3) is 22.1 Å². The van der Waals surface area contributed by atoms with E-state index in [1.54, 1.807) is 29.9 Å². The summed E-state index contributed by atoms with van der Waals surface area (Å²) in [5.41, 5.74) is 4.47. The van der Waals surface area contributed by atoms with Crippen LogP contribution >= 0.6 is 0 Å². The molecular weight excluding hydrogens is 382 g/mol. The second-order valence-corrected chi connectivity index (χ2v) is 8.50. The molecule has 4 rings (SSSR count). The highest BCUT2D eigenvalue weighted by Crippen LogP contribution is 2.28. The van der Waals surface area contributed by atoms with Crippen molar-refractivity contribution in [3.8, 4) is 5.88 Å². The number of oxazole rings is 1. The maximum absolute atomic E-state index is 12.4. The molecule has 0 bridgehead atoms. The highest BCUT2D eigenvalue weighted by molar-refractivity contribution is 5.94. The summed E-state index contributed by atoms with van der Waals surface area (Å²) >= 11 is 0. The van der Waals surface area contributed by atoms with Gasteiger partial charge >= 0.3 is 0 Å². The predicted octanol–water partition coefficient (Wildman–Crippen LogP) is 4.04. The second-order valence-electron chi connectivity index (χ2n) is 8.50. The molecule has 156 valence electrons. The quantitative estimate of drug-likeness (QED) is 0.549. The van der Waals surface area contributed by atoms with Gasteiger partial charge in [0.05, 0.1) is 5.39 Å². The van der Waals surface area contributed by atoms with Crippen molar-refractivity contribution in [2.75, 3.05) is 11.9 Å². The third-order valence-corrected chi connectivity index (χ3v) is 4.74. The Hall–Kier alpha value is -3.42. The van der Waals surface area contributed by atoms with Crippen LogP contribution in [0.2, 0.25) is 0 Å². The van der Waals surface area contributed by atoms with Crippen LogP contribution in [0.15, 0.2) is 28.7 Å². The van der Waals surface area contributed by atoms with E-state index in [-0.39, 0.29) is 17.9 Å². The molecule has 0 saturated heterocycles. The lowest BCUT2D eigenvalue weighted by atomic mass is 9.97. The van der Waals surface area contributed by atoms with Gasteiger partial charge in [0.1, 0.15) is 5.52 Å². The maximum atomic E-state index is 12.4. The van der Waals surface area contributed by atoms with E-state index in [1.807, 2.05) is 40.7 Å². The number of hydrogen-bond acceptors (Lipinski definition) is 6. The second kappa shape index (κ2) is 7.12. The van der Waals surface area contributed by atoms with Gasteiger partial charge in [-0.3, -0.25) is 4.79 Å². The minimum absolute atomic E-state index is 0.163. The Morgan fingerprint density at radius 2 is 1.97 bits per heavy atom. The molecule has 1 amide bonds. The molecule has 8 nitrogen and oxygen atoms in total. The number of fused-ring (bicyclic) bond motifs is 2. The SMILES string of the molecule is Cc1cc(C)c2c(OCC(=O)Nc3ccc4oc(C(C)(C)C)nc4c3)nn(C)c2n1. The fraction of sp³-hybridized carbons (Fsp3) is 0.364. The monoisotopic (exact) mass is 407 g/mol. The number of pyridine rings is 1. The summed E-state index contributed by atoms with van der Waals surface area (Å²) in [6.07, 6.45) is 0. The minimum Gasteiger partial charge on any atom is -0.466 e. The zero-order valence-electron chi connectivity index (χ0n) is 18.0. The van der Waals surface area contributed by atoms with Crippen LogP contribution in [0.4, 0.5) is 5.69 Å². The van der Waals surface area contributed by atoms with Crippen LogP contribution in [0, 0.1) is 13.8 Å². The molecule has 0 aliphatic rings. The van der Waals surface area contributed by atoms with Crippen molar-refractivity contribution >= 4 is 33.7 Å². The first kappa shape index (κ1) is 19.9. The van der Waals surface area contributed by atoms with Crippen molar-refractivity contribution in [2.24, 2.45) is 7.05 Å². The van der Waals surface area contributed by atoms with E-state index < -0.39 is 0 Å². The molecule has 0 fully saturated rings. The zero-order valence-corrected chi connectivity index (χ0v) is 18.0. The molecular formula is C22H25N5O3. The minimum atomic E-state index is -0.287. The Kier molecular flexibility index (Phi) is 4.72. The first-order valence-corrected chi connectivity index (χ1v) is 9.76. The number of anilines is 1. The van der Waals surface area contributed by atoms with Gasteiger partial charge in [0.15, 0.2) is 17.8 Å². The van der Waals surface area contributed by atoms with Gasteiger partial charge in [-0.1, -0.05) is 20.8 Å². The standard InChI is InChI=1S/C22H25N5O3/c1-12-9-13(2)23-19-18(12)20(26-27(19)6)29-11-17(28)24-14-7-8-16-15(10-14)25-21(30-16)22(3,4)5/h7-10H,11H2,1-6H3,(H,24,28). The maximum Gasteiger partial charge on any atom is 0.262 e. The Balaban J connectivity index is 1.48. The van der Waals surface area contributed by atoms with E-state index in [9.17, 15) is 4.79 Å². The third-order valence-electron chi connectivity index (χ3n) is 4.74. The highest BCUT2D eigenvalue weighted by Gasteiger charge is 2.21. The summed E-state index contributed by atoms with van der Waals surface area (Å²) in [6.45, 7) is 9.87. The largest absolute Gasteiger partial charge is 0.466 e. The lowest BCUT2D eigenvalue weighted by Crippen LogP contribution is -2.20. The van der Waals surface area contributed by atoms with Crippen LogP contribution in [0.5, 0.6) is 5.88 Å². The number of nitrogens with one attached hydrogen (secondary N) is 1. The van der Waals surface area contributed by atoms with Gasteiger partial charge in [0.2, 0.25) is 11.8 Å². The van der Waals surface area contributed by atoms with Crippen LogP contribution in [0.3, 0.4) is 0 Å². The number of benzene rings is 1. The van der Waals surface area contributed by atoms with E-state index >= 15 is 0 Å². The molecule has 3 aromatic heterocycles. The number of nitrogens with zero attached hydrogens (tertiary/aromatic N) is 4. The average molecular weight is 407 g/mol. The Bertz CT molecular complexity index is 1260. The molecule has 0 saturated carbocycles. The van der Waals surface area contributed by atoms with Crippen LogP contribution < -0.4 is 10.1 Å². The Morgan fingerprint density at radius 3 is 2.70 bits per heavy atom. The van der Waals surface area contributed by atoms with Crippen molar-refractivity contribution in [3.05, 3.63) is 41.4 Å². The highest BCUT2D eigenvalue weighted by atomic mass is 16.5. The number of ether oxygens (including phenoxy) is 1. The van der Waals surface area contributed by atoms with E-state index in [0.29, 0.717) is 28.6 Å². The number of amides is 1. The summed E-state index contributed by atoms with van der Waals surface area (Å²) in [4.78, 5) is 21.5. The molecule has 0 radical (unpaired) electrons. The number of hydrogen-bond donors (Lipinski definition) is 1. The van der Waals surface area contributed by atoms with E-state index in [4.69, 9.17) is 9.15 Å². The van der Waals surface area contributed by atoms with Crippen molar-refractivity contribution in [3.63, 3.8) is 0 Å². The summed E-state index contributed by atoms with van der Waals surface area (Å²) in [6, 6.07) is 7.34. The summed E-state index contributed by atoms with van der Waals surface area (Å²) in [5, 5.41) is 8.02. The van der Waals surface area contributed by atoms with Gasteiger partial charge in [-0.15, -0.1) is 5.10 Å².